The van der Waals surface area contributed by atoms with E-state index in [0.717, 1.165) is 19.1 Å². The van der Waals surface area contributed by atoms with Gasteiger partial charge in [0, 0.05) is 12.6 Å². The van der Waals surface area contributed by atoms with E-state index in [1.54, 1.807) is 0 Å². The van der Waals surface area contributed by atoms with Crippen LogP contribution in [0.15, 0.2) is 0 Å². The van der Waals surface area contributed by atoms with Gasteiger partial charge in [-0.1, -0.05) is 40.0 Å². The Morgan fingerprint density at radius 3 is 2.29 bits per heavy atom. The lowest BCUT2D eigenvalue weighted by molar-refractivity contribution is -0.0657. The molecule has 17 heavy (non-hydrogen) atoms. The Bertz CT molecular complexity index is 199. The molecule has 1 rings (SSSR count). The first-order chi connectivity index (χ1) is 8.18. The normalized spacial score (nSPS) is 22.6. The molecule has 0 heterocycles. The highest BCUT2D eigenvalue weighted by Crippen LogP contribution is 2.38. The number of rotatable bonds is 8. The van der Waals surface area contributed by atoms with E-state index in [-0.39, 0.29) is 5.60 Å². The lowest BCUT2D eigenvalue weighted by Gasteiger charge is -2.39. The van der Waals surface area contributed by atoms with E-state index in [2.05, 4.69) is 33.0 Å². The molecule has 2 unspecified atom stereocenters. The first-order valence-corrected chi connectivity index (χ1v) is 7.55. The molecule has 0 saturated heterocycles. The van der Waals surface area contributed by atoms with Crippen molar-refractivity contribution in [2.45, 2.75) is 77.9 Å². The minimum Gasteiger partial charge on any atom is -0.374 e. The third kappa shape index (κ3) is 3.96. The Kier molecular flexibility index (Phi) is 6.50. The largest absolute Gasteiger partial charge is 0.374 e. The predicted octanol–water partition coefficient (Wildman–Crippen LogP) is 3.75. The maximum absolute atomic E-state index is 6.19. The zero-order valence-corrected chi connectivity index (χ0v) is 12.2. The van der Waals surface area contributed by atoms with Crippen LogP contribution in [0.2, 0.25) is 0 Å². The smallest absolute Gasteiger partial charge is 0.0834 e. The SMILES string of the molecule is CCNC(CC(C)CC)C1(OCC)CCCC1. The van der Waals surface area contributed by atoms with Crippen LogP contribution in [0.1, 0.15) is 66.2 Å². The van der Waals surface area contributed by atoms with Crippen LogP contribution in [0.4, 0.5) is 0 Å². The molecule has 0 spiro atoms. The van der Waals surface area contributed by atoms with E-state index in [4.69, 9.17) is 4.74 Å². The molecular formula is C15H31NO. The summed E-state index contributed by atoms with van der Waals surface area (Å²) in [5.74, 6) is 0.789. The number of hydrogen-bond donors (Lipinski definition) is 1. The van der Waals surface area contributed by atoms with Crippen LogP contribution in [0, 0.1) is 5.92 Å². The van der Waals surface area contributed by atoms with Gasteiger partial charge in [-0.15, -0.1) is 0 Å². The van der Waals surface area contributed by atoms with Crippen molar-refractivity contribution >= 4 is 0 Å². The first kappa shape index (κ1) is 15.0. The van der Waals surface area contributed by atoms with Gasteiger partial charge in [-0.2, -0.15) is 0 Å². The molecule has 1 N–H and O–H groups in total. The molecule has 0 amide bonds. The van der Waals surface area contributed by atoms with Crippen LogP contribution in [-0.4, -0.2) is 24.8 Å². The van der Waals surface area contributed by atoms with Gasteiger partial charge >= 0.3 is 0 Å². The highest BCUT2D eigenvalue weighted by atomic mass is 16.5. The summed E-state index contributed by atoms with van der Waals surface area (Å²) in [5.41, 5.74) is 0.133. The van der Waals surface area contributed by atoms with Crippen molar-refractivity contribution in [3.8, 4) is 0 Å². The van der Waals surface area contributed by atoms with E-state index < -0.39 is 0 Å². The van der Waals surface area contributed by atoms with Gasteiger partial charge < -0.3 is 10.1 Å². The van der Waals surface area contributed by atoms with Gasteiger partial charge in [0.2, 0.25) is 0 Å². The fourth-order valence-corrected chi connectivity index (χ4v) is 3.15. The third-order valence-electron chi connectivity index (χ3n) is 4.30. The number of ether oxygens (including phenoxy) is 1. The van der Waals surface area contributed by atoms with Gasteiger partial charge in [0.25, 0.3) is 0 Å². The molecule has 1 aliphatic rings. The van der Waals surface area contributed by atoms with Crippen molar-refractivity contribution in [3.05, 3.63) is 0 Å². The lowest BCUT2D eigenvalue weighted by atomic mass is 9.85. The highest BCUT2D eigenvalue weighted by Gasteiger charge is 2.41. The van der Waals surface area contributed by atoms with Crippen molar-refractivity contribution in [2.24, 2.45) is 5.92 Å². The standard InChI is InChI=1S/C15H31NO/c1-5-13(4)12-14(16-6-2)15(17-7-3)10-8-9-11-15/h13-14,16H,5-12H2,1-4H3. The number of hydrogen-bond acceptors (Lipinski definition) is 2. The zero-order valence-electron chi connectivity index (χ0n) is 12.2. The molecule has 2 atom stereocenters. The average molecular weight is 241 g/mol. The van der Waals surface area contributed by atoms with Gasteiger partial charge in [-0.25, -0.2) is 0 Å². The van der Waals surface area contributed by atoms with Crippen LogP contribution < -0.4 is 5.32 Å². The lowest BCUT2D eigenvalue weighted by Crippen LogP contribution is -2.51. The van der Waals surface area contributed by atoms with E-state index in [1.807, 2.05) is 0 Å². The minimum atomic E-state index is 0.133. The van der Waals surface area contributed by atoms with Crippen LogP contribution >= 0.6 is 0 Å². The predicted molar refractivity (Wildman–Crippen MR) is 74.4 cm³/mol. The summed E-state index contributed by atoms with van der Waals surface area (Å²) in [5, 5.41) is 3.69. The molecule has 2 nitrogen and oxygen atoms in total. The summed E-state index contributed by atoms with van der Waals surface area (Å²) >= 11 is 0. The molecule has 0 aromatic rings. The van der Waals surface area contributed by atoms with Crippen molar-refractivity contribution in [3.63, 3.8) is 0 Å². The molecule has 1 fully saturated rings. The van der Waals surface area contributed by atoms with Gasteiger partial charge in [0.1, 0.15) is 0 Å². The highest BCUT2D eigenvalue weighted by molar-refractivity contribution is 4.97. The van der Waals surface area contributed by atoms with Gasteiger partial charge in [0.05, 0.1) is 5.60 Å². The van der Waals surface area contributed by atoms with Gasteiger partial charge in [0.15, 0.2) is 0 Å². The Morgan fingerprint density at radius 2 is 1.82 bits per heavy atom. The Balaban J connectivity index is 2.70. The molecule has 102 valence electrons. The summed E-state index contributed by atoms with van der Waals surface area (Å²) in [6.45, 7) is 10.9. The van der Waals surface area contributed by atoms with E-state index in [9.17, 15) is 0 Å². The maximum atomic E-state index is 6.19. The van der Waals surface area contributed by atoms with E-state index in [0.29, 0.717) is 6.04 Å². The third-order valence-corrected chi connectivity index (χ3v) is 4.30. The second-order valence-corrected chi connectivity index (χ2v) is 5.56. The second kappa shape index (κ2) is 7.38. The van der Waals surface area contributed by atoms with Crippen molar-refractivity contribution in [1.29, 1.82) is 0 Å². The molecule has 1 saturated carbocycles. The monoisotopic (exact) mass is 241 g/mol. The van der Waals surface area contributed by atoms with Gasteiger partial charge in [-0.3, -0.25) is 0 Å². The molecule has 1 aliphatic carbocycles. The maximum Gasteiger partial charge on any atom is 0.0834 e. The summed E-state index contributed by atoms with van der Waals surface area (Å²) in [6, 6.07) is 0.546. The quantitative estimate of drug-likeness (QED) is 0.699. The average Bonchev–Trinajstić information content (AvgIpc) is 2.78. The summed E-state index contributed by atoms with van der Waals surface area (Å²) in [4.78, 5) is 0. The number of nitrogens with one attached hydrogen (secondary N) is 1. The molecular weight excluding hydrogens is 210 g/mol. The van der Waals surface area contributed by atoms with Crippen LogP contribution in [-0.2, 0) is 4.74 Å². The van der Waals surface area contributed by atoms with Crippen molar-refractivity contribution in [2.75, 3.05) is 13.2 Å². The van der Waals surface area contributed by atoms with Crippen LogP contribution in [0.5, 0.6) is 0 Å². The summed E-state index contributed by atoms with van der Waals surface area (Å²) in [6.07, 6.45) is 7.68. The van der Waals surface area contributed by atoms with Crippen LogP contribution in [0.25, 0.3) is 0 Å². The van der Waals surface area contributed by atoms with E-state index >= 15 is 0 Å². The first-order valence-electron chi connectivity index (χ1n) is 7.55. The second-order valence-electron chi connectivity index (χ2n) is 5.56. The topological polar surface area (TPSA) is 21.3 Å². The van der Waals surface area contributed by atoms with Crippen molar-refractivity contribution < 1.29 is 4.74 Å². The number of likely N-dealkylation sites (N-methyl/N-ethyl adjacent to an activating group) is 1. The Labute approximate surface area is 108 Å². The summed E-state index contributed by atoms with van der Waals surface area (Å²) < 4.78 is 6.19. The zero-order chi connectivity index (χ0) is 12.7. The fraction of sp³-hybridized carbons (Fsp3) is 1.00. The van der Waals surface area contributed by atoms with Crippen molar-refractivity contribution in [1.82, 2.24) is 5.32 Å². The molecule has 2 heteroatoms. The molecule has 0 radical (unpaired) electrons. The molecule has 0 aliphatic heterocycles. The van der Waals surface area contributed by atoms with Gasteiger partial charge in [-0.05, 0) is 38.6 Å². The molecule has 0 aromatic heterocycles. The molecule has 0 aromatic carbocycles. The van der Waals surface area contributed by atoms with Crippen LogP contribution in [0.3, 0.4) is 0 Å². The summed E-state index contributed by atoms with van der Waals surface area (Å²) in [7, 11) is 0. The minimum absolute atomic E-state index is 0.133. The molecule has 0 bridgehead atoms. The van der Waals surface area contributed by atoms with E-state index in [1.165, 1.54) is 38.5 Å². The Hall–Kier alpha value is -0.0800. The fourth-order valence-electron chi connectivity index (χ4n) is 3.15. The Morgan fingerprint density at radius 1 is 1.18 bits per heavy atom.